The van der Waals surface area contributed by atoms with Crippen molar-refractivity contribution in [3.63, 3.8) is 0 Å². The van der Waals surface area contributed by atoms with E-state index >= 15 is 0 Å². The van der Waals surface area contributed by atoms with Crippen molar-refractivity contribution in [3.05, 3.63) is 41.9 Å². The number of ether oxygens (including phenoxy) is 2. The molecule has 2 amide bonds. The Morgan fingerprint density at radius 2 is 2.32 bits per heavy atom. The van der Waals surface area contributed by atoms with Crippen molar-refractivity contribution in [2.45, 2.75) is 30.6 Å². The highest BCUT2D eigenvalue weighted by Crippen LogP contribution is 2.35. The summed E-state index contributed by atoms with van der Waals surface area (Å²) in [5.41, 5.74) is 0.544. The second-order valence-corrected chi connectivity index (χ2v) is 6.30. The number of carbonyl (C=O) groups excluding carboxylic acids is 1. The monoisotopic (exact) mass is 365 g/mol. The molecule has 0 radical (unpaired) electrons. The number of anilines is 1. The standard InChI is InChI=1S/C15H16ClN5O4/c16-8-4-18-21(6-8)12-13(22)11(10-7-24-14(12)25-10)20-15(23)19-9-2-1-3-17-5-9/h1-6,10-14,22H,7H2,(H2,19,20,23)/t10-,11-,12-,13+,14-/m1/s1. The first kappa shape index (κ1) is 16.3. The summed E-state index contributed by atoms with van der Waals surface area (Å²) in [6.45, 7) is 0.269. The zero-order valence-corrected chi connectivity index (χ0v) is 13.7. The third-order valence-corrected chi connectivity index (χ3v) is 4.42. The Labute approximate surface area is 147 Å². The molecule has 132 valence electrons. The molecular formula is C15H16ClN5O4. The lowest BCUT2D eigenvalue weighted by atomic mass is 9.96. The molecule has 0 spiro atoms. The van der Waals surface area contributed by atoms with Crippen LogP contribution in [0.25, 0.3) is 0 Å². The van der Waals surface area contributed by atoms with Crippen LogP contribution >= 0.6 is 11.6 Å². The van der Waals surface area contributed by atoms with Crippen LogP contribution in [0.1, 0.15) is 6.04 Å². The molecule has 3 N–H and O–H groups in total. The Kier molecular flexibility index (Phi) is 4.30. The lowest BCUT2D eigenvalue weighted by molar-refractivity contribution is -0.166. The minimum atomic E-state index is -0.957. The van der Waals surface area contributed by atoms with E-state index in [1.54, 1.807) is 24.5 Å². The average molecular weight is 366 g/mol. The van der Waals surface area contributed by atoms with E-state index in [4.69, 9.17) is 21.1 Å². The molecule has 2 saturated heterocycles. The number of aliphatic hydroxyl groups excluding tert-OH is 1. The number of nitrogens with one attached hydrogen (secondary N) is 2. The number of hydrogen-bond acceptors (Lipinski definition) is 6. The summed E-state index contributed by atoms with van der Waals surface area (Å²) in [6.07, 6.45) is 4.13. The van der Waals surface area contributed by atoms with Gasteiger partial charge in [0.2, 0.25) is 0 Å². The molecule has 0 aliphatic carbocycles. The van der Waals surface area contributed by atoms with E-state index < -0.39 is 36.6 Å². The predicted molar refractivity (Wildman–Crippen MR) is 87.1 cm³/mol. The number of aliphatic hydroxyl groups is 1. The second-order valence-electron chi connectivity index (χ2n) is 5.86. The van der Waals surface area contributed by atoms with E-state index in [1.807, 2.05) is 0 Å². The van der Waals surface area contributed by atoms with Gasteiger partial charge in [-0.2, -0.15) is 5.10 Å². The van der Waals surface area contributed by atoms with Crippen LogP contribution in [0.2, 0.25) is 5.02 Å². The molecule has 2 aromatic rings. The normalized spacial score (nSPS) is 30.9. The lowest BCUT2D eigenvalue weighted by Crippen LogP contribution is -2.59. The van der Waals surface area contributed by atoms with E-state index in [0.717, 1.165) is 0 Å². The molecule has 25 heavy (non-hydrogen) atoms. The molecule has 0 saturated carbocycles. The fourth-order valence-electron chi connectivity index (χ4n) is 3.09. The van der Waals surface area contributed by atoms with Crippen molar-refractivity contribution in [3.8, 4) is 0 Å². The van der Waals surface area contributed by atoms with Gasteiger partial charge in [0, 0.05) is 12.4 Å². The van der Waals surface area contributed by atoms with Crippen LogP contribution < -0.4 is 10.6 Å². The van der Waals surface area contributed by atoms with E-state index in [-0.39, 0.29) is 6.61 Å². The van der Waals surface area contributed by atoms with E-state index in [0.29, 0.717) is 10.7 Å². The third kappa shape index (κ3) is 3.19. The summed E-state index contributed by atoms with van der Waals surface area (Å²) in [6, 6.07) is 1.67. The molecule has 10 heteroatoms. The fourth-order valence-corrected chi connectivity index (χ4v) is 3.24. The van der Waals surface area contributed by atoms with Gasteiger partial charge in [0.15, 0.2) is 6.29 Å². The van der Waals surface area contributed by atoms with Crippen molar-refractivity contribution in [1.29, 1.82) is 0 Å². The van der Waals surface area contributed by atoms with Crippen LogP contribution in [0.4, 0.5) is 10.5 Å². The topological polar surface area (TPSA) is 111 Å². The molecule has 4 heterocycles. The maximum atomic E-state index is 12.2. The van der Waals surface area contributed by atoms with Crippen LogP contribution in [0.5, 0.6) is 0 Å². The highest BCUT2D eigenvalue weighted by molar-refractivity contribution is 6.30. The number of aromatic nitrogens is 3. The maximum absolute atomic E-state index is 12.2. The van der Waals surface area contributed by atoms with Gasteiger partial charge in [0.05, 0.1) is 35.8 Å². The molecule has 2 bridgehead atoms. The quantitative estimate of drug-likeness (QED) is 0.741. The van der Waals surface area contributed by atoms with Crippen LogP contribution in [-0.4, -0.2) is 57.0 Å². The lowest BCUT2D eigenvalue weighted by Gasteiger charge is -2.38. The van der Waals surface area contributed by atoms with Crippen molar-refractivity contribution in [1.82, 2.24) is 20.1 Å². The van der Waals surface area contributed by atoms with Crippen molar-refractivity contribution < 1.29 is 19.4 Å². The molecule has 0 unspecified atom stereocenters. The van der Waals surface area contributed by atoms with Crippen LogP contribution in [0, 0.1) is 0 Å². The molecule has 2 aliphatic heterocycles. The van der Waals surface area contributed by atoms with Crippen molar-refractivity contribution >= 4 is 23.3 Å². The average Bonchev–Trinajstić information content (AvgIpc) is 3.21. The van der Waals surface area contributed by atoms with Gasteiger partial charge in [0.25, 0.3) is 0 Å². The SMILES string of the molecule is O=C(Nc1cccnc1)N[C@H]1[C@H](O)[C@@H](n2cc(Cl)cn2)[C@@H]2OC[C@H]1O2. The van der Waals surface area contributed by atoms with E-state index in [9.17, 15) is 9.90 Å². The van der Waals surface area contributed by atoms with Gasteiger partial charge in [-0.15, -0.1) is 0 Å². The van der Waals surface area contributed by atoms with Crippen molar-refractivity contribution in [2.24, 2.45) is 0 Å². The van der Waals surface area contributed by atoms with Gasteiger partial charge in [0.1, 0.15) is 18.2 Å². The zero-order chi connectivity index (χ0) is 17.4. The molecular weight excluding hydrogens is 350 g/mol. The smallest absolute Gasteiger partial charge is 0.319 e. The van der Waals surface area contributed by atoms with E-state index in [2.05, 4.69) is 20.7 Å². The molecule has 5 atom stereocenters. The highest BCUT2D eigenvalue weighted by atomic mass is 35.5. The molecule has 0 aromatic carbocycles. The number of amides is 2. The summed E-state index contributed by atoms with van der Waals surface area (Å²) in [5.74, 6) is 0. The highest BCUT2D eigenvalue weighted by Gasteiger charge is 2.51. The third-order valence-electron chi connectivity index (χ3n) is 4.22. The van der Waals surface area contributed by atoms with Crippen LogP contribution in [0.3, 0.4) is 0 Å². The van der Waals surface area contributed by atoms with Gasteiger partial charge in [-0.1, -0.05) is 11.6 Å². The number of halogens is 1. The maximum Gasteiger partial charge on any atom is 0.319 e. The van der Waals surface area contributed by atoms with Gasteiger partial charge in [-0.05, 0) is 12.1 Å². The summed E-state index contributed by atoms with van der Waals surface area (Å²) in [5, 5.41) is 20.7. The van der Waals surface area contributed by atoms with Gasteiger partial charge in [-0.25, -0.2) is 4.79 Å². The second kappa shape index (κ2) is 6.60. The Hall–Kier alpha value is -2.20. The largest absolute Gasteiger partial charge is 0.388 e. The molecule has 4 rings (SSSR count). The Morgan fingerprint density at radius 3 is 3.04 bits per heavy atom. The molecule has 2 fully saturated rings. The minimum Gasteiger partial charge on any atom is -0.388 e. The number of rotatable bonds is 3. The van der Waals surface area contributed by atoms with Crippen molar-refractivity contribution in [2.75, 3.05) is 11.9 Å². The number of pyridine rings is 1. The molecule has 9 nitrogen and oxygen atoms in total. The van der Waals surface area contributed by atoms with Gasteiger partial charge < -0.3 is 25.2 Å². The number of urea groups is 1. The summed E-state index contributed by atoms with van der Waals surface area (Å²) >= 11 is 5.91. The first-order valence-corrected chi connectivity index (χ1v) is 8.12. The molecule has 2 aliphatic rings. The van der Waals surface area contributed by atoms with E-state index in [1.165, 1.54) is 17.1 Å². The first-order chi connectivity index (χ1) is 12.1. The van der Waals surface area contributed by atoms with Crippen LogP contribution in [0.15, 0.2) is 36.9 Å². The summed E-state index contributed by atoms with van der Waals surface area (Å²) in [4.78, 5) is 16.2. The number of nitrogens with zero attached hydrogens (tertiary/aromatic N) is 3. The summed E-state index contributed by atoms with van der Waals surface area (Å²) in [7, 11) is 0. The Bertz CT molecular complexity index is 757. The number of hydrogen-bond donors (Lipinski definition) is 3. The number of fused-ring (bicyclic) bond motifs is 2. The first-order valence-electron chi connectivity index (χ1n) is 7.74. The predicted octanol–water partition coefficient (Wildman–Crippen LogP) is 0.779. The Balaban J connectivity index is 1.49. The molecule has 2 aromatic heterocycles. The number of carbonyl (C=O) groups is 1. The fraction of sp³-hybridized carbons (Fsp3) is 0.400. The minimum absolute atomic E-state index is 0.269. The zero-order valence-electron chi connectivity index (χ0n) is 12.9. The Morgan fingerprint density at radius 1 is 1.44 bits per heavy atom. The summed E-state index contributed by atoms with van der Waals surface area (Å²) < 4.78 is 12.8. The van der Waals surface area contributed by atoms with Gasteiger partial charge in [-0.3, -0.25) is 9.67 Å². The van der Waals surface area contributed by atoms with Crippen LogP contribution in [-0.2, 0) is 9.47 Å². The van der Waals surface area contributed by atoms with Gasteiger partial charge >= 0.3 is 6.03 Å².